The topological polar surface area (TPSA) is 40.7 Å². The Morgan fingerprint density at radius 2 is 1.78 bits per heavy atom. The van der Waals surface area contributed by atoms with Crippen molar-refractivity contribution < 1.29 is 0 Å². The molecule has 1 unspecified atom stereocenters. The van der Waals surface area contributed by atoms with Crippen LogP contribution < -0.4 is 5.32 Å². The Morgan fingerprint density at radius 3 is 2.50 bits per heavy atom. The predicted molar refractivity (Wildman–Crippen MR) is 74.0 cm³/mol. The van der Waals surface area contributed by atoms with E-state index in [0.717, 1.165) is 12.5 Å². The summed E-state index contributed by atoms with van der Waals surface area (Å²) in [4.78, 5) is 8.52. The van der Waals surface area contributed by atoms with Crippen molar-refractivity contribution in [2.24, 2.45) is 0 Å². The van der Waals surface area contributed by atoms with Crippen molar-refractivity contribution >= 4 is 0 Å². The molecule has 2 aliphatic rings. The molecular formula is C15H25N3. The fourth-order valence-electron chi connectivity index (χ4n) is 3.55. The lowest BCUT2D eigenvalue weighted by Crippen LogP contribution is -2.29. The molecule has 100 valence electrons. The Morgan fingerprint density at radius 1 is 1.00 bits per heavy atom. The molecule has 3 nitrogen and oxygen atoms in total. The summed E-state index contributed by atoms with van der Waals surface area (Å²) in [6.07, 6.45) is 9.43. The molecule has 0 bridgehead atoms. The van der Waals surface area contributed by atoms with Crippen LogP contribution in [-0.2, 0) is 0 Å². The van der Waals surface area contributed by atoms with E-state index in [4.69, 9.17) is 4.98 Å². The number of nitrogens with zero attached hydrogens (tertiary/aromatic N) is 1. The molecule has 1 aromatic heterocycles. The van der Waals surface area contributed by atoms with Gasteiger partial charge in [-0.25, -0.2) is 4.98 Å². The lowest BCUT2D eigenvalue weighted by Gasteiger charge is -2.21. The number of hydrogen-bond donors (Lipinski definition) is 2. The summed E-state index contributed by atoms with van der Waals surface area (Å²) in [6.45, 7) is 4.47. The number of aromatic amines is 1. The average Bonchev–Trinajstić information content (AvgIpc) is 2.83. The second kappa shape index (κ2) is 5.43. The van der Waals surface area contributed by atoms with E-state index >= 15 is 0 Å². The molecule has 2 fully saturated rings. The van der Waals surface area contributed by atoms with E-state index in [1.807, 2.05) is 0 Å². The molecule has 0 amide bonds. The molecule has 3 rings (SSSR count). The smallest absolute Gasteiger partial charge is 0.110 e. The van der Waals surface area contributed by atoms with Gasteiger partial charge in [-0.05, 0) is 39.2 Å². The monoisotopic (exact) mass is 247 g/mol. The molecule has 1 saturated heterocycles. The molecule has 2 heterocycles. The molecule has 1 aromatic rings. The van der Waals surface area contributed by atoms with Crippen LogP contribution in [0.15, 0.2) is 0 Å². The van der Waals surface area contributed by atoms with Gasteiger partial charge in [-0.2, -0.15) is 0 Å². The van der Waals surface area contributed by atoms with Crippen LogP contribution in [0.25, 0.3) is 0 Å². The number of imidazole rings is 1. The Kier molecular flexibility index (Phi) is 3.69. The Labute approximate surface area is 110 Å². The maximum absolute atomic E-state index is 4.96. The molecule has 0 spiro atoms. The van der Waals surface area contributed by atoms with Crippen molar-refractivity contribution in [3.63, 3.8) is 0 Å². The highest BCUT2D eigenvalue weighted by atomic mass is 15.0. The van der Waals surface area contributed by atoms with Crippen LogP contribution in [0, 0.1) is 6.92 Å². The summed E-state index contributed by atoms with van der Waals surface area (Å²) in [5.41, 5.74) is 2.69. The largest absolute Gasteiger partial charge is 0.346 e. The van der Waals surface area contributed by atoms with Gasteiger partial charge in [-0.15, -0.1) is 0 Å². The zero-order valence-electron chi connectivity index (χ0n) is 11.5. The number of hydrogen-bond acceptors (Lipinski definition) is 2. The number of aromatic nitrogens is 2. The first-order valence-electron chi connectivity index (χ1n) is 7.61. The lowest BCUT2D eigenvalue weighted by atomic mass is 9.86. The summed E-state index contributed by atoms with van der Waals surface area (Å²) in [7, 11) is 0. The van der Waals surface area contributed by atoms with Crippen LogP contribution in [0.3, 0.4) is 0 Å². The summed E-state index contributed by atoms with van der Waals surface area (Å²) >= 11 is 0. The third kappa shape index (κ3) is 2.46. The van der Waals surface area contributed by atoms with Gasteiger partial charge < -0.3 is 10.3 Å². The van der Waals surface area contributed by atoms with Gasteiger partial charge in [0, 0.05) is 24.1 Å². The highest BCUT2D eigenvalue weighted by Crippen LogP contribution is 2.34. The molecule has 0 aromatic carbocycles. The Hall–Kier alpha value is -0.830. The summed E-state index contributed by atoms with van der Waals surface area (Å²) in [6, 6.07) is 0. The van der Waals surface area contributed by atoms with Crippen molar-refractivity contribution in [3.8, 4) is 0 Å². The van der Waals surface area contributed by atoms with Crippen LogP contribution in [0.1, 0.15) is 74.0 Å². The van der Waals surface area contributed by atoms with E-state index in [2.05, 4.69) is 17.2 Å². The number of piperidine rings is 1. The molecule has 0 radical (unpaired) electrons. The normalized spacial score (nSPS) is 26.4. The lowest BCUT2D eigenvalue weighted by molar-refractivity contribution is 0.431. The molecule has 3 heteroatoms. The minimum absolute atomic E-state index is 0.606. The maximum Gasteiger partial charge on any atom is 0.110 e. The van der Waals surface area contributed by atoms with E-state index in [1.54, 1.807) is 0 Å². The molecular weight excluding hydrogens is 222 g/mol. The van der Waals surface area contributed by atoms with E-state index in [9.17, 15) is 0 Å². The maximum atomic E-state index is 4.96. The van der Waals surface area contributed by atoms with Crippen molar-refractivity contribution in [3.05, 3.63) is 17.2 Å². The van der Waals surface area contributed by atoms with E-state index in [0.29, 0.717) is 5.92 Å². The minimum Gasteiger partial charge on any atom is -0.346 e. The Balaban J connectivity index is 1.76. The van der Waals surface area contributed by atoms with Crippen LogP contribution >= 0.6 is 0 Å². The van der Waals surface area contributed by atoms with Gasteiger partial charge in [0.25, 0.3) is 0 Å². The summed E-state index contributed by atoms with van der Waals surface area (Å²) in [5.74, 6) is 2.57. The van der Waals surface area contributed by atoms with Gasteiger partial charge in [0.15, 0.2) is 0 Å². The van der Waals surface area contributed by atoms with Crippen LogP contribution in [0.4, 0.5) is 0 Å². The van der Waals surface area contributed by atoms with Crippen molar-refractivity contribution in [2.75, 3.05) is 13.1 Å². The Bertz CT molecular complexity index is 384. The van der Waals surface area contributed by atoms with Gasteiger partial charge in [-0.1, -0.05) is 19.3 Å². The highest BCUT2D eigenvalue weighted by molar-refractivity contribution is 5.20. The average molecular weight is 247 g/mol. The van der Waals surface area contributed by atoms with Crippen LogP contribution in [0.5, 0.6) is 0 Å². The van der Waals surface area contributed by atoms with Crippen molar-refractivity contribution in [2.45, 2.75) is 63.7 Å². The number of rotatable bonds is 2. The van der Waals surface area contributed by atoms with E-state index < -0.39 is 0 Å². The van der Waals surface area contributed by atoms with Crippen LogP contribution in [0.2, 0.25) is 0 Å². The zero-order valence-corrected chi connectivity index (χ0v) is 11.5. The molecule has 18 heavy (non-hydrogen) atoms. The minimum atomic E-state index is 0.606. The highest BCUT2D eigenvalue weighted by Gasteiger charge is 2.24. The fourth-order valence-corrected chi connectivity index (χ4v) is 3.55. The molecule has 1 aliphatic carbocycles. The second-order valence-corrected chi connectivity index (χ2v) is 6.01. The van der Waals surface area contributed by atoms with Gasteiger partial charge in [-0.3, -0.25) is 0 Å². The quantitative estimate of drug-likeness (QED) is 0.842. The number of aryl methyl sites for hydroxylation is 1. The first-order chi connectivity index (χ1) is 8.84. The van der Waals surface area contributed by atoms with Crippen molar-refractivity contribution in [1.82, 2.24) is 15.3 Å². The van der Waals surface area contributed by atoms with Crippen LogP contribution in [-0.4, -0.2) is 23.1 Å². The van der Waals surface area contributed by atoms with E-state index in [-0.39, 0.29) is 0 Å². The van der Waals surface area contributed by atoms with E-state index in [1.165, 1.54) is 68.7 Å². The van der Waals surface area contributed by atoms with Gasteiger partial charge in [0.05, 0.1) is 5.69 Å². The predicted octanol–water partition coefficient (Wildman–Crippen LogP) is 3.23. The fraction of sp³-hybridized carbons (Fsp3) is 0.800. The molecule has 1 saturated carbocycles. The second-order valence-electron chi connectivity index (χ2n) is 6.01. The first-order valence-corrected chi connectivity index (χ1v) is 7.61. The SMILES string of the molecule is Cc1[nH]c(C2CCCNC2)nc1C1CCCCC1. The van der Waals surface area contributed by atoms with Crippen molar-refractivity contribution in [1.29, 1.82) is 0 Å². The molecule has 1 aliphatic heterocycles. The summed E-state index contributed by atoms with van der Waals surface area (Å²) < 4.78 is 0. The number of H-pyrrole nitrogens is 1. The number of nitrogens with one attached hydrogen (secondary N) is 2. The van der Waals surface area contributed by atoms with Gasteiger partial charge in [0.2, 0.25) is 0 Å². The first kappa shape index (κ1) is 12.2. The molecule has 1 atom stereocenters. The zero-order chi connectivity index (χ0) is 12.4. The van der Waals surface area contributed by atoms with Gasteiger partial charge in [0.1, 0.15) is 5.82 Å². The third-order valence-electron chi connectivity index (χ3n) is 4.62. The van der Waals surface area contributed by atoms with Gasteiger partial charge >= 0.3 is 0 Å². The third-order valence-corrected chi connectivity index (χ3v) is 4.62. The molecule has 2 N–H and O–H groups in total. The standard InChI is InChI=1S/C15H25N3/c1-11-14(12-6-3-2-4-7-12)18-15(17-11)13-8-5-9-16-10-13/h12-13,16H,2-10H2,1H3,(H,17,18). The summed E-state index contributed by atoms with van der Waals surface area (Å²) in [5, 5.41) is 3.48.